The van der Waals surface area contributed by atoms with Crippen LogP contribution < -0.4 is 5.32 Å². The molecule has 0 saturated heterocycles. The number of anilines is 1. The van der Waals surface area contributed by atoms with Crippen molar-refractivity contribution in [3.05, 3.63) is 52.5 Å². The lowest BCUT2D eigenvalue weighted by atomic mass is 10.0. The fraction of sp³-hybridized carbons (Fsp3) is 0.235. The van der Waals surface area contributed by atoms with Gasteiger partial charge in [-0.1, -0.05) is 23.7 Å². The number of hydrogen-bond acceptors (Lipinski definition) is 4. The highest BCUT2D eigenvalue weighted by Gasteiger charge is 2.42. The highest BCUT2D eigenvalue weighted by atomic mass is 35.5. The lowest BCUT2D eigenvalue weighted by Crippen LogP contribution is -2.44. The Balaban J connectivity index is 1.82. The molecule has 5 nitrogen and oxygen atoms in total. The van der Waals surface area contributed by atoms with E-state index in [2.05, 4.69) is 5.32 Å². The number of phenolic OH excluding ortho intramolecular Hbond substituents is 2. The van der Waals surface area contributed by atoms with Crippen LogP contribution in [-0.2, 0) is 0 Å². The van der Waals surface area contributed by atoms with Crippen LogP contribution in [0.5, 0.6) is 11.5 Å². The Bertz CT molecular complexity index is 781. The number of aromatic hydroxyl groups is 2. The van der Waals surface area contributed by atoms with Crippen molar-refractivity contribution < 1.29 is 15.0 Å². The molecule has 1 aliphatic carbocycles. The number of hydrogen-bond donors (Lipinski definition) is 3. The Hall–Kier alpha value is -2.40. The van der Waals surface area contributed by atoms with E-state index < -0.39 is 6.17 Å². The van der Waals surface area contributed by atoms with E-state index in [1.807, 2.05) is 18.2 Å². The molecule has 6 heteroatoms. The number of carbonyl (C=O) groups is 1. The molecule has 1 amide bonds. The fourth-order valence-corrected chi connectivity index (χ4v) is 3.23. The average Bonchev–Trinajstić information content (AvgIpc) is 3.36. The summed E-state index contributed by atoms with van der Waals surface area (Å²) in [6, 6.07) is 10.6. The topological polar surface area (TPSA) is 72.8 Å². The summed E-state index contributed by atoms with van der Waals surface area (Å²) in [4.78, 5) is 14.7. The minimum atomic E-state index is -0.422. The van der Waals surface area contributed by atoms with E-state index in [9.17, 15) is 15.0 Å². The Labute approximate surface area is 138 Å². The second-order valence-electron chi connectivity index (χ2n) is 5.91. The molecule has 0 spiro atoms. The maximum atomic E-state index is 12.9. The van der Waals surface area contributed by atoms with Crippen molar-refractivity contribution in [2.24, 2.45) is 0 Å². The van der Waals surface area contributed by atoms with Crippen LogP contribution in [0.2, 0.25) is 5.02 Å². The third-order valence-electron chi connectivity index (χ3n) is 4.28. The van der Waals surface area contributed by atoms with Crippen LogP contribution in [0, 0.1) is 0 Å². The van der Waals surface area contributed by atoms with Crippen molar-refractivity contribution in [1.82, 2.24) is 4.90 Å². The summed E-state index contributed by atoms with van der Waals surface area (Å²) in [5.41, 5.74) is 2.04. The van der Waals surface area contributed by atoms with Gasteiger partial charge in [0.2, 0.25) is 0 Å². The van der Waals surface area contributed by atoms with Crippen molar-refractivity contribution in [2.45, 2.75) is 25.0 Å². The maximum Gasteiger partial charge on any atom is 0.258 e. The van der Waals surface area contributed by atoms with Gasteiger partial charge in [0.15, 0.2) is 11.5 Å². The van der Waals surface area contributed by atoms with E-state index in [1.54, 1.807) is 17.0 Å². The summed E-state index contributed by atoms with van der Waals surface area (Å²) in [6.45, 7) is 0. The molecule has 2 aliphatic rings. The zero-order valence-electron chi connectivity index (χ0n) is 12.2. The van der Waals surface area contributed by atoms with Gasteiger partial charge in [0, 0.05) is 17.3 Å². The minimum Gasteiger partial charge on any atom is -0.504 e. The molecular weight excluding hydrogens is 316 g/mol. The predicted octanol–water partition coefficient (Wildman–Crippen LogP) is 3.48. The number of nitrogens with one attached hydrogen (secondary N) is 1. The first kappa shape index (κ1) is 14.2. The number of para-hydroxylation sites is 1. The van der Waals surface area contributed by atoms with E-state index >= 15 is 0 Å². The summed E-state index contributed by atoms with van der Waals surface area (Å²) < 4.78 is 0. The van der Waals surface area contributed by atoms with E-state index in [-0.39, 0.29) is 28.5 Å². The van der Waals surface area contributed by atoms with Crippen LogP contribution in [0.25, 0.3) is 0 Å². The van der Waals surface area contributed by atoms with Crippen LogP contribution in [-0.4, -0.2) is 27.1 Å². The molecule has 2 aromatic rings. The van der Waals surface area contributed by atoms with Crippen molar-refractivity contribution >= 4 is 23.2 Å². The van der Waals surface area contributed by atoms with Gasteiger partial charge in [0.1, 0.15) is 6.17 Å². The Morgan fingerprint density at radius 3 is 2.61 bits per heavy atom. The first-order chi connectivity index (χ1) is 11.1. The molecule has 1 saturated carbocycles. The number of fused-ring (bicyclic) bond motifs is 1. The van der Waals surface area contributed by atoms with Crippen molar-refractivity contribution in [2.75, 3.05) is 5.32 Å². The van der Waals surface area contributed by atoms with Gasteiger partial charge in [-0.05, 0) is 37.1 Å². The summed E-state index contributed by atoms with van der Waals surface area (Å²) in [6.07, 6.45) is 1.50. The van der Waals surface area contributed by atoms with Gasteiger partial charge < -0.3 is 20.4 Å². The maximum absolute atomic E-state index is 12.9. The summed E-state index contributed by atoms with van der Waals surface area (Å²) in [5, 5.41) is 22.9. The van der Waals surface area contributed by atoms with Crippen LogP contribution >= 0.6 is 11.6 Å². The standard InChI is InChI=1S/C17H15ClN2O3/c18-12-7-9(8-14(21)15(12)22)16-19-13-4-2-1-3-11(13)17(23)20(16)10-5-6-10/h1-4,7-8,10,16,19,21-22H,5-6H2/t16-/m0/s1. The molecular formula is C17H15ClN2O3. The van der Waals surface area contributed by atoms with Crippen LogP contribution in [0.4, 0.5) is 5.69 Å². The zero-order valence-corrected chi connectivity index (χ0v) is 12.9. The molecule has 0 radical (unpaired) electrons. The third kappa shape index (κ3) is 2.28. The van der Waals surface area contributed by atoms with E-state index in [0.29, 0.717) is 11.1 Å². The summed E-state index contributed by atoms with van der Waals surface area (Å²) >= 11 is 5.98. The normalized spacial score (nSPS) is 20.1. The molecule has 1 aliphatic heterocycles. The first-order valence-corrected chi connectivity index (χ1v) is 7.83. The fourth-order valence-electron chi connectivity index (χ4n) is 3.00. The Kier molecular flexibility index (Phi) is 3.13. The largest absolute Gasteiger partial charge is 0.504 e. The van der Waals surface area contributed by atoms with Crippen molar-refractivity contribution in [1.29, 1.82) is 0 Å². The first-order valence-electron chi connectivity index (χ1n) is 7.46. The van der Waals surface area contributed by atoms with Gasteiger partial charge in [-0.25, -0.2) is 0 Å². The molecule has 1 heterocycles. The zero-order chi connectivity index (χ0) is 16.1. The van der Waals surface area contributed by atoms with Gasteiger partial charge in [-0.15, -0.1) is 0 Å². The van der Waals surface area contributed by atoms with Crippen molar-refractivity contribution in [3.8, 4) is 11.5 Å². The highest BCUT2D eigenvalue weighted by Crippen LogP contribution is 2.43. The molecule has 0 bridgehead atoms. The summed E-state index contributed by atoms with van der Waals surface area (Å²) in [5.74, 6) is -0.678. The van der Waals surface area contributed by atoms with Gasteiger partial charge >= 0.3 is 0 Å². The van der Waals surface area contributed by atoms with Gasteiger partial charge in [0.05, 0.1) is 10.6 Å². The number of nitrogens with zero attached hydrogens (tertiary/aromatic N) is 1. The number of halogens is 1. The molecule has 23 heavy (non-hydrogen) atoms. The number of phenols is 2. The number of rotatable bonds is 2. The molecule has 4 rings (SSSR count). The highest BCUT2D eigenvalue weighted by molar-refractivity contribution is 6.32. The number of carbonyl (C=O) groups excluding carboxylic acids is 1. The number of amides is 1. The lowest BCUT2D eigenvalue weighted by Gasteiger charge is -2.38. The predicted molar refractivity (Wildman–Crippen MR) is 86.8 cm³/mol. The molecule has 3 N–H and O–H groups in total. The molecule has 118 valence electrons. The number of benzene rings is 2. The molecule has 1 fully saturated rings. The Morgan fingerprint density at radius 1 is 1.17 bits per heavy atom. The van der Waals surface area contributed by atoms with Gasteiger partial charge in [-0.3, -0.25) is 4.79 Å². The van der Waals surface area contributed by atoms with Crippen molar-refractivity contribution in [3.63, 3.8) is 0 Å². The quantitative estimate of drug-likeness (QED) is 0.737. The molecule has 2 aromatic carbocycles. The minimum absolute atomic E-state index is 0.0319. The van der Waals surface area contributed by atoms with E-state index in [4.69, 9.17) is 11.6 Å². The van der Waals surface area contributed by atoms with E-state index in [1.165, 1.54) is 6.07 Å². The smallest absolute Gasteiger partial charge is 0.258 e. The molecule has 1 atom stereocenters. The van der Waals surface area contributed by atoms with E-state index in [0.717, 1.165) is 18.5 Å². The molecule has 0 aromatic heterocycles. The lowest BCUT2D eigenvalue weighted by molar-refractivity contribution is 0.0666. The van der Waals surface area contributed by atoms with Gasteiger partial charge in [0.25, 0.3) is 5.91 Å². The third-order valence-corrected chi connectivity index (χ3v) is 4.57. The summed E-state index contributed by atoms with van der Waals surface area (Å²) in [7, 11) is 0. The average molecular weight is 331 g/mol. The van der Waals surface area contributed by atoms with Crippen LogP contribution in [0.1, 0.15) is 34.9 Å². The van der Waals surface area contributed by atoms with Gasteiger partial charge in [-0.2, -0.15) is 0 Å². The second-order valence-corrected chi connectivity index (χ2v) is 6.31. The molecule has 0 unspecified atom stereocenters. The SMILES string of the molecule is O=C1c2ccccc2N[C@H](c2cc(O)c(O)c(Cl)c2)N1C1CC1. The Morgan fingerprint density at radius 2 is 1.91 bits per heavy atom. The van der Waals surface area contributed by atoms with Crippen LogP contribution in [0.15, 0.2) is 36.4 Å². The monoisotopic (exact) mass is 330 g/mol. The second kappa shape index (κ2) is 5.06. The van der Waals surface area contributed by atoms with Crippen LogP contribution in [0.3, 0.4) is 0 Å².